The molecule has 1 heterocycles. The quantitative estimate of drug-likeness (QED) is 0.904. The normalized spacial score (nSPS) is 11.5. The minimum Gasteiger partial charge on any atom is -0.326 e. The Bertz CT molecular complexity index is 693. The van der Waals surface area contributed by atoms with E-state index < -0.39 is 10.0 Å². The van der Waals surface area contributed by atoms with Gasteiger partial charge < -0.3 is 5.73 Å². The SMILES string of the molecule is Cc1cnc(NS(=O)(=O)c2ccc(C)c(CN)c2)s1. The van der Waals surface area contributed by atoms with E-state index in [9.17, 15) is 8.42 Å². The highest BCUT2D eigenvalue weighted by atomic mass is 32.2. The number of nitrogens with two attached hydrogens (primary N) is 1. The number of hydrogen-bond acceptors (Lipinski definition) is 5. The van der Waals surface area contributed by atoms with E-state index >= 15 is 0 Å². The van der Waals surface area contributed by atoms with Crippen molar-refractivity contribution in [3.63, 3.8) is 0 Å². The van der Waals surface area contributed by atoms with Crippen molar-refractivity contribution in [3.05, 3.63) is 40.4 Å². The molecule has 0 radical (unpaired) electrons. The number of anilines is 1. The van der Waals surface area contributed by atoms with Gasteiger partial charge in [-0.3, -0.25) is 4.72 Å². The molecule has 3 N–H and O–H groups in total. The number of nitrogens with zero attached hydrogens (tertiary/aromatic N) is 1. The molecule has 0 aliphatic carbocycles. The molecule has 0 spiro atoms. The maximum absolute atomic E-state index is 12.2. The molecule has 0 saturated heterocycles. The van der Waals surface area contributed by atoms with Gasteiger partial charge in [0.1, 0.15) is 0 Å². The molecule has 0 saturated carbocycles. The van der Waals surface area contributed by atoms with Crippen LogP contribution in [0.5, 0.6) is 0 Å². The summed E-state index contributed by atoms with van der Waals surface area (Å²) in [7, 11) is -3.61. The lowest BCUT2D eigenvalue weighted by molar-refractivity contribution is 0.601. The third-order valence-corrected chi connectivity index (χ3v) is 4.99. The lowest BCUT2D eigenvalue weighted by Gasteiger charge is -2.08. The summed E-state index contributed by atoms with van der Waals surface area (Å²) in [5.74, 6) is 0. The topological polar surface area (TPSA) is 85.1 Å². The molecule has 2 aromatic rings. The molecule has 19 heavy (non-hydrogen) atoms. The molecular formula is C12H15N3O2S2. The molecule has 7 heteroatoms. The fraction of sp³-hybridized carbons (Fsp3) is 0.250. The third kappa shape index (κ3) is 3.12. The number of nitrogens with one attached hydrogen (secondary N) is 1. The monoisotopic (exact) mass is 297 g/mol. The van der Waals surface area contributed by atoms with Crippen LogP contribution in [0.25, 0.3) is 0 Å². The van der Waals surface area contributed by atoms with E-state index in [-0.39, 0.29) is 4.90 Å². The van der Waals surface area contributed by atoms with E-state index in [4.69, 9.17) is 5.73 Å². The number of benzene rings is 1. The molecule has 0 unspecified atom stereocenters. The number of thiazole rings is 1. The standard InChI is InChI=1S/C12H15N3O2S2/c1-8-3-4-11(5-10(8)6-13)19(16,17)15-12-14-7-9(2)18-12/h3-5,7H,6,13H2,1-2H3,(H,14,15). The Hall–Kier alpha value is -1.44. The van der Waals surface area contributed by atoms with Crippen LogP contribution in [0.2, 0.25) is 0 Å². The van der Waals surface area contributed by atoms with Gasteiger partial charge in [0.15, 0.2) is 5.13 Å². The largest absolute Gasteiger partial charge is 0.326 e. The van der Waals surface area contributed by atoms with Gasteiger partial charge in [-0.2, -0.15) is 0 Å². The predicted octanol–water partition coefficient (Wildman–Crippen LogP) is 2.02. The van der Waals surface area contributed by atoms with Crippen molar-refractivity contribution in [2.24, 2.45) is 5.73 Å². The van der Waals surface area contributed by atoms with E-state index in [1.165, 1.54) is 11.3 Å². The molecular weight excluding hydrogens is 282 g/mol. The van der Waals surface area contributed by atoms with Gasteiger partial charge in [-0.05, 0) is 37.1 Å². The number of aryl methyl sites for hydroxylation is 2. The lowest BCUT2D eigenvalue weighted by atomic mass is 10.1. The van der Waals surface area contributed by atoms with Crippen molar-refractivity contribution in [2.45, 2.75) is 25.3 Å². The van der Waals surface area contributed by atoms with Gasteiger partial charge in [0.25, 0.3) is 10.0 Å². The highest BCUT2D eigenvalue weighted by Gasteiger charge is 2.16. The van der Waals surface area contributed by atoms with Gasteiger partial charge >= 0.3 is 0 Å². The summed E-state index contributed by atoms with van der Waals surface area (Å²) in [4.78, 5) is 5.14. The summed E-state index contributed by atoms with van der Waals surface area (Å²) >= 11 is 1.30. The van der Waals surface area contributed by atoms with Crippen LogP contribution in [0, 0.1) is 13.8 Å². The van der Waals surface area contributed by atoms with Crippen molar-refractivity contribution in [1.82, 2.24) is 4.98 Å². The Morgan fingerprint density at radius 3 is 2.68 bits per heavy atom. The van der Waals surface area contributed by atoms with Crippen molar-refractivity contribution in [3.8, 4) is 0 Å². The van der Waals surface area contributed by atoms with Crippen LogP contribution in [0.15, 0.2) is 29.3 Å². The molecule has 0 atom stereocenters. The number of rotatable bonds is 4. The van der Waals surface area contributed by atoms with Crippen LogP contribution in [0.3, 0.4) is 0 Å². The molecule has 0 amide bonds. The van der Waals surface area contributed by atoms with Gasteiger partial charge in [0.2, 0.25) is 0 Å². The maximum Gasteiger partial charge on any atom is 0.263 e. The van der Waals surface area contributed by atoms with E-state index in [1.807, 2.05) is 13.8 Å². The van der Waals surface area contributed by atoms with E-state index in [0.717, 1.165) is 16.0 Å². The van der Waals surface area contributed by atoms with Gasteiger partial charge in [-0.15, -0.1) is 11.3 Å². The molecule has 1 aromatic heterocycles. The molecule has 102 valence electrons. The van der Waals surface area contributed by atoms with Gasteiger partial charge in [-0.25, -0.2) is 13.4 Å². The minimum atomic E-state index is -3.61. The van der Waals surface area contributed by atoms with Crippen LogP contribution in [0.4, 0.5) is 5.13 Å². The maximum atomic E-state index is 12.2. The second-order valence-corrected chi connectivity index (χ2v) is 7.09. The summed E-state index contributed by atoms with van der Waals surface area (Å²) in [6.07, 6.45) is 1.63. The van der Waals surface area contributed by atoms with Gasteiger partial charge in [-0.1, -0.05) is 6.07 Å². The first-order chi connectivity index (χ1) is 8.92. The summed E-state index contributed by atoms with van der Waals surface area (Å²) in [6.45, 7) is 4.08. The second kappa shape index (κ2) is 5.28. The van der Waals surface area contributed by atoms with Crippen LogP contribution in [-0.4, -0.2) is 13.4 Å². The Kier molecular flexibility index (Phi) is 3.88. The Labute approximate surface area is 116 Å². The molecule has 0 aliphatic rings. The zero-order valence-electron chi connectivity index (χ0n) is 10.7. The van der Waals surface area contributed by atoms with Crippen molar-refractivity contribution >= 4 is 26.5 Å². The van der Waals surface area contributed by atoms with E-state index in [1.54, 1.807) is 24.4 Å². The third-order valence-electron chi connectivity index (χ3n) is 2.69. The Morgan fingerprint density at radius 2 is 2.11 bits per heavy atom. The smallest absolute Gasteiger partial charge is 0.263 e. The molecule has 5 nitrogen and oxygen atoms in total. The van der Waals surface area contributed by atoms with E-state index in [2.05, 4.69) is 9.71 Å². The highest BCUT2D eigenvalue weighted by Crippen LogP contribution is 2.22. The molecule has 2 rings (SSSR count). The Morgan fingerprint density at radius 1 is 1.37 bits per heavy atom. The van der Waals surface area contributed by atoms with Gasteiger partial charge in [0, 0.05) is 17.6 Å². The highest BCUT2D eigenvalue weighted by molar-refractivity contribution is 7.93. The average Bonchev–Trinajstić information content (AvgIpc) is 2.74. The second-order valence-electron chi connectivity index (χ2n) is 4.17. The predicted molar refractivity (Wildman–Crippen MR) is 76.7 cm³/mol. The first-order valence-electron chi connectivity index (χ1n) is 5.67. The fourth-order valence-electron chi connectivity index (χ4n) is 1.61. The number of aromatic nitrogens is 1. The van der Waals surface area contributed by atoms with E-state index in [0.29, 0.717) is 11.7 Å². The minimum absolute atomic E-state index is 0.200. The zero-order chi connectivity index (χ0) is 14.0. The summed E-state index contributed by atoms with van der Waals surface area (Å²) in [5, 5.41) is 0.368. The molecule has 0 aliphatic heterocycles. The summed E-state index contributed by atoms with van der Waals surface area (Å²) < 4.78 is 26.9. The van der Waals surface area contributed by atoms with Crippen molar-refractivity contribution < 1.29 is 8.42 Å². The Balaban J connectivity index is 2.34. The molecule has 1 aromatic carbocycles. The van der Waals surface area contributed by atoms with Crippen LogP contribution >= 0.6 is 11.3 Å². The molecule has 0 bridgehead atoms. The lowest BCUT2D eigenvalue weighted by Crippen LogP contribution is -2.13. The van der Waals surface area contributed by atoms with Crippen LogP contribution < -0.4 is 10.5 Å². The number of hydrogen-bond donors (Lipinski definition) is 2. The van der Waals surface area contributed by atoms with Crippen LogP contribution in [-0.2, 0) is 16.6 Å². The number of sulfonamides is 1. The van der Waals surface area contributed by atoms with Crippen molar-refractivity contribution in [1.29, 1.82) is 0 Å². The van der Waals surface area contributed by atoms with Gasteiger partial charge in [0.05, 0.1) is 4.90 Å². The van der Waals surface area contributed by atoms with Crippen molar-refractivity contribution in [2.75, 3.05) is 4.72 Å². The first kappa shape index (κ1) is 14.0. The molecule has 0 fully saturated rings. The zero-order valence-corrected chi connectivity index (χ0v) is 12.3. The van der Waals surface area contributed by atoms with Crippen LogP contribution in [0.1, 0.15) is 16.0 Å². The fourth-order valence-corrected chi connectivity index (χ4v) is 3.57. The summed E-state index contributed by atoms with van der Waals surface area (Å²) in [6, 6.07) is 4.92. The average molecular weight is 297 g/mol. The summed E-state index contributed by atoms with van der Waals surface area (Å²) in [5.41, 5.74) is 7.39. The first-order valence-corrected chi connectivity index (χ1v) is 7.97.